The smallest absolute Gasteiger partial charge is 0.144 e. The SMILES string of the molecule is [2H]C([2H])([2H])c1cc(C([2H])([2H])[2H])c2oc3c(-c4cc(-c5ccc(C([2H])([2H])C(C)(C)C)cc5C([2H])([2H])[2H])c(C([2H])([2H])[2H])cn4)cccc3c2c1. The van der Waals surface area contributed by atoms with Crippen LogP contribution >= 0.6 is 0 Å². The molecule has 0 radical (unpaired) electrons. The molecule has 0 bridgehead atoms. The number of benzene rings is 3. The van der Waals surface area contributed by atoms with Crippen molar-refractivity contribution in [2.24, 2.45) is 5.41 Å². The van der Waals surface area contributed by atoms with Gasteiger partial charge in [0.25, 0.3) is 0 Å². The van der Waals surface area contributed by atoms with Gasteiger partial charge in [0.1, 0.15) is 11.2 Å². The fourth-order valence-electron chi connectivity index (χ4n) is 4.22. The normalized spacial score (nSPS) is 20.1. The third-order valence-corrected chi connectivity index (χ3v) is 5.61. The molecular formula is C32H33NO. The first-order chi connectivity index (χ1) is 21.7. The van der Waals surface area contributed by atoms with E-state index in [1.165, 1.54) is 30.3 Å². The Kier molecular flexibility index (Phi) is 2.71. The predicted molar refractivity (Wildman–Crippen MR) is 144 cm³/mol. The highest BCUT2D eigenvalue weighted by Crippen LogP contribution is 2.38. The quantitative estimate of drug-likeness (QED) is 0.268. The minimum absolute atomic E-state index is 0.0295. The molecule has 0 aliphatic heterocycles. The average Bonchev–Trinajstić information content (AvgIpc) is 3.32. The summed E-state index contributed by atoms with van der Waals surface area (Å²) in [6.07, 6.45) is -0.795. The molecule has 0 atom stereocenters. The Bertz CT molecular complexity index is 2040. The summed E-state index contributed by atoms with van der Waals surface area (Å²) in [7, 11) is 0. The number of hydrogen-bond acceptors (Lipinski definition) is 2. The highest BCUT2D eigenvalue weighted by atomic mass is 16.3. The number of para-hydroxylation sites is 1. The van der Waals surface area contributed by atoms with Crippen LogP contribution < -0.4 is 0 Å². The van der Waals surface area contributed by atoms with Crippen molar-refractivity contribution >= 4 is 21.9 Å². The Balaban J connectivity index is 1.82. The van der Waals surface area contributed by atoms with E-state index in [2.05, 4.69) is 4.98 Å². The molecule has 0 N–H and O–H groups in total. The lowest BCUT2D eigenvalue weighted by Gasteiger charge is -2.19. The molecule has 0 saturated carbocycles. The number of fused-ring (bicyclic) bond motifs is 3. The Morgan fingerprint density at radius 1 is 0.794 bits per heavy atom. The standard InChI is InChI=1S/C32H33NO/c1-19-13-21(3)30-28(14-19)25-9-8-10-26(31(25)34-30)29-16-27(22(4)18-33-29)24-12-11-23(15-20(24)2)17-32(5,6)7/h8-16,18H,17H2,1-7H3/i1D3,2D3,3D3,4D3,17D2. The number of nitrogens with zero attached hydrogens (tertiary/aromatic N) is 1. The van der Waals surface area contributed by atoms with Gasteiger partial charge >= 0.3 is 0 Å². The monoisotopic (exact) mass is 461 g/mol. The topological polar surface area (TPSA) is 26.0 Å². The number of rotatable bonds is 3. The third kappa shape index (κ3) is 4.03. The fourth-order valence-corrected chi connectivity index (χ4v) is 4.22. The highest BCUT2D eigenvalue weighted by Gasteiger charge is 2.17. The first-order valence-electron chi connectivity index (χ1n) is 17.9. The second-order valence-electron chi connectivity index (χ2n) is 9.44. The summed E-state index contributed by atoms with van der Waals surface area (Å²) < 4.78 is 121. The summed E-state index contributed by atoms with van der Waals surface area (Å²) in [5, 5.41) is 0.665. The van der Waals surface area contributed by atoms with Gasteiger partial charge in [0.15, 0.2) is 0 Å². The second kappa shape index (κ2) is 8.13. The van der Waals surface area contributed by atoms with E-state index >= 15 is 0 Å². The van der Waals surface area contributed by atoms with Gasteiger partial charge < -0.3 is 4.42 Å². The lowest BCUT2D eigenvalue weighted by molar-refractivity contribution is 0.411. The lowest BCUT2D eigenvalue weighted by Crippen LogP contribution is -2.09. The molecule has 5 rings (SSSR count). The van der Waals surface area contributed by atoms with Crippen LogP contribution in [0, 0.1) is 32.8 Å². The van der Waals surface area contributed by atoms with Crippen molar-refractivity contribution < 1.29 is 23.6 Å². The summed E-state index contributed by atoms with van der Waals surface area (Å²) in [6.45, 7) is -5.68. The number of aromatic nitrogens is 1. The van der Waals surface area contributed by atoms with Gasteiger partial charge in [0.05, 0.1) is 5.69 Å². The molecule has 34 heavy (non-hydrogen) atoms. The van der Waals surface area contributed by atoms with Crippen molar-refractivity contribution in [3.05, 3.63) is 88.6 Å². The number of pyridine rings is 1. The third-order valence-electron chi connectivity index (χ3n) is 5.61. The zero-order chi connectivity index (χ0) is 36.0. The summed E-state index contributed by atoms with van der Waals surface area (Å²) in [6, 6.07) is 12.9. The molecule has 0 aliphatic carbocycles. The minimum atomic E-state index is -2.75. The van der Waals surface area contributed by atoms with Crippen LogP contribution in [-0.4, -0.2) is 4.98 Å². The van der Waals surface area contributed by atoms with Crippen LogP contribution in [0.15, 0.2) is 65.2 Å². The van der Waals surface area contributed by atoms with Crippen molar-refractivity contribution in [1.29, 1.82) is 0 Å². The molecule has 2 heteroatoms. The van der Waals surface area contributed by atoms with E-state index < -0.39 is 39.2 Å². The highest BCUT2D eigenvalue weighted by molar-refractivity contribution is 6.10. The minimum Gasteiger partial charge on any atom is -0.455 e. The van der Waals surface area contributed by atoms with E-state index in [1.54, 1.807) is 39.0 Å². The second-order valence-corrected chi connectivity index (χ2v) is 9.44. The Morgan fingerprint density at radius 2 is 1.65 bits per heavy atom. The number of furan rings is 1. The van der Waals surface area contributed by atoms with E-state index in [1.807, 2.05) is 0 Å². The molecule has 5 aromatic rings. The molecule has 0 amide bonds. The van der Waals surface area contributed by atoms with Crippen molar-refractivity contribution in [2.75, 3.05) is 0 Å². The predicted octanol–water partition coefficient (Wildman–Crippen LogP) is 9.14. The van der Waals surface area contributed by atoms with Gasteiger partial charge in [-0.1, -0.05) is 57.2 Å². The largest absolute Gasteiger partial charge is 0.455 e. The van der Waals surface area contributed by atoms with E-state index in [0.29, 0.717) is 10.9 Å². The van der Waals surface area contributed by atoms with Gasteiger partial charge in [0.2, 0.25) is 0 Å². The maximum absolute atomic E-state index is 8.71. The van der Waals surface area contributed by atoms with Crippen molar-refractivity contribution in [1.82, 2.24) is 4.98 Å². The fraction of sp³-hybridized carbons (Fsp3) is 0.281. The molecule has 2 nitrogen and oxygen atoms in total. The van der Waals surface area contributed by atoms with Crippen LogP contribution in [0.25, 0.3) is 44.3 Å². The number of hydrogen-bond donors (Lipinski definition) is 0. The van der Waals surface area contributed by atoms with Crippen LogP contribution in [0.5, 0.6) is 0 Å². The van der Waals surface area contributed by atoms with Crippen LogP contribution in [0.3, 0.4) is 0 Å². The summed E-state index contributed by atoms with van der Waals surface area (Å²) in [5.74, 6) is 0. The van der Waals surface area contributed by atoms with Crippen molar-refractivity contribution in [3.63, 3.8) is 0 Å². The molecular weight excluding hydrogens is 414 g/mol. The molecule has 172 valence electrons. The van der Waals surface area contributed by atoms with Crippen molar-refractivity contribution in [2.45, 2.75) is 54.6 Å². The lowest BCUT2D eigenvalue weighted by atomic mass is 9.86. The maximum Gasteiger partial charge on any atom is 0.144 e. The van der Waals surface area contributed by atoms with Gasteiger partial charge in [-0.3, -0.25) is 4.98 Å². The van der Waals surface area contributed by atoms with Gasteiger partial charge in [-0.05, 0) is 96.3 Å². The average molecular weight is 462 g/mol. The molecule has 0 saturated heterocycles. The molecule has 0 spiro atoms. The summed E-state index contributed by atoms with van der Waals surface area (Å²) >= 11 is 0. The zero-order valence-electron chi connectivity index (χ0n) is 33.1. The van der Waals surface area contributed by atoms with Gasteiger partial charge in [-0.2, -0.15) is 0 Å². The summed E-state index contributed by atoms with van der Waals surface area (Å²) in [4.78, 5) is 4.41. The van der Waals surface area contributed by atoms with E-state index in [9.17, 15) is 0 Å². The Morgan fingerprint density at radius 3 is 2.41 bits per heavy atom. The molecule has 2 aromatic heterocycles. The molecule has 0 fully saturated rings. The van der Waals surface area contributed by atoms with Gasteiger partial charge in [0, 0.05) is 41.7 Å². The molecule has 0 aliphatic rings. The van der Waals surface area contributed by atoms with E-state index in [-0.39, 0.29) is 61.2 Å². The van der Waals surface area contributed by atoms with Crippen LogP contribution in [0.4, 0.5) is 0 Å². The van der Waals surface area contributed by atoms with E-state index in [0.717, 1.165) is 12.3 Å². The molecule has 3 aromatic carbocycles. The van der Waals surface area contributed by atoms with Crippen LogP contribution in [0.1, 0.15) is 67.8 Å². The van der Waals surface area contributed by atoms with E-state index in [4.69, 9.17) is 23.6 Å². The number of aryl methyl sites for hydroxylation is 4. The van der Waals surface area contributed by atoms with Crippen LogP contribution in [0.2, 0.25) is 0 Å². The zero-order valence-corrected chi connectivity index (χ0v) is 19.1. The van der Waals surface area contributed by atoms with Crippen LogP contribution in [-0.2, 0) is 6.37 Å². The Hall–Kier alpha value is -3.39. The maximum atomic E-state index is 8.71. The first-order valence-corrected chi connectivity index (χ1v) is 10.9. The summed E-state index contributed by atoms with van der Waals surface area (Å²) in [5.41, 5.74) is -0.938. The van der Waals surface area contributed by atoms with Gasteiger partial charge in [-0.25, -0.2) is 0 Å². The first kappa shape index (κ1) is 11.4. The Labute approximate surface area is 222 Å². The molecule has 2 heterocycles. The van der Waals surface area contributed by atoms with Crippen molar-refractivity contribution in [3.8, 4) is 22.4 Å². The molecule has 0 unspecified atom stereocenters. The van der Waals surface area contributed by atoms with Gasteiger partial charge in [-0.15, -0.1) is 0 Å².